The highest BCUT2D eigenvalue weighted by atomic mass is 79.9. The van der Waals surface area contributed by atoms with E-state index >= 15 is 0 Å². The van der Waals surface area contributed by atoms with E-state index in [-0.39, 0.29) is 27.9 Å². The zero-order valence-corrected chi connectivity index (χ0v) is 24.8. The standard InChI is InChI=1S/C31H26BrClN4O4/c1-17-12-18(2)23(13-19(17)16-41-22-9-6-20(32)7-10-22)29-24(15-34)31(35)36(26-4-3-5-28(38)30(26)29)21-8-11-25(33)27(14-21)37(39)40/h6-14,29H,3-5,16,35H2,1-2H3. The Hall–Kier alpha value is -4.13. The molecule has 0 saturated carbocycles. The molecule has 2 aliphatic rings. The van der Waals surface area contributed by atoms with Gasteiger partial charge in [-0.15, -0.1) is 0 Å². The second-order valence-electron chi connectivity index (χ2n) is 10.1. The lowest BCUT2D eigenvalue weighted by Gasteiger charge is -2.40. The van der Waals surface area contributed by atoms with Crippen LogP contribution in [0.3, 0.4) is 0 Å². The van der Waals surface area contributed by atoms with Gasteiger partial charge in [0.1, 0.15) is 23.2 Å². The minimum Gasteiger partial charge on any atom is -0.489 e. The molecule has 3 aromatic rings. The van der Waals surface area contributed by atoms with Crippen LogP contribution in [0.2, 0.25) is 5.02 Å². The van der Waals surface area contributed by atoms with Gasteiger partial charge in [0.25, 0.3) is 5.69 Å². The fraction of sp³-hybridized carbons (Fsp3) is 0.226. The number of rotatable bonds is 6. The van der Waals surface area contributed by atoms with Gasteiger partial charge >= 0.3 is 0 Å². The lowest BCUT2D eigenvalue weighted by Crippen LogP contribution is -2.39. The Labute approximate surface area is 250 Å². The van der Waals surface area contributed by atoms with Crippen LogP contribution < -0.4 is 15.4 Å². The van der Waals surface area contributed by atoms with E-state index in [1.807, 2.05) is 50.2 Å². The van der Waals surface area contributed by atoms with E-state index in [0.29, 0.717) is 42.8 Å². The number of allylic oxidation sites excluding steroid dienone is 3. The van der Waals surface area contributed by atoms with Crippen LogP contribution in [-0.4, -0.2) is 10.7 Å². The van der Waals surface area contributed by atoms with Gasteiger partial charge in [0.05, 0.1) is 28.2 Å². The normalized spacial score (nSPS) is 16.9. The molecule has 0 fully saturated rings. The molecule has 41 heavy (non-hydrogen) atoms. The SMILES string of the molecule is Cc1cc(C)c(C2C(C#N)=C(N)N(c3ccc(Cl)c([N+](=O)[O-])c3)C3=C2C(=O)CCC3)cc1COc1ccc(Br)cc1. The summed E-state index contributed by atoms with van der Waals surface area (Å²) >= 11 is 9.50. The number of nitriles is 1. The quantitative estimate of drug-likeness (QED) is 0.220. The average Bonchev–Trinajstić information content (AvgIpc) is 2.93. The summed E-state index contributed by atoms with van der Waals surface area (Å²) in [4.78, 5) is 26.2. The third-order valence-corrected chi connectivity index (χ3v) is 8.39. The van der Waals surface area contributed by atoms with Gasteiger partial charge in [-0.05, 0) is 85.3 Å². The van der Waals surface area contributed by atoms with Crippen LogP contribution in [0.25, 0.3) is 0 Å². The van der Waals surface area contributed by atoms with E-state index in [1.54, 1.807) is 11.0 Å². The van der Waals surface area contributed by atoms with Gasteiger partial charge in [-0.25, -0.2) is 0 Å². The summed E-state index contributed by atoms with van der Waals surface area (Å²) in [6, 6.07) is 18.2. The van der Waals surface area contributed by atoms with Crippen LogP contribution >= 0.6 is 27.5 Å². The van der Waals surface area contributed by atoms with Crippen LogP contribution in [-0.2, 0) is 11.4 Å². The van der Waals surface area contributed by atoms with Crippen molar-refractivity contribution in [2.45, 2.75) is 45.6 Å². The van der Waals surface area contributed by atoms with Crippen LogP contribution in [0, 0.1) is 35.3 Å². The number of benzene rings is 3. The first kappa shape index (κ1) is 28.4. The number of halogens is 2. The zero-order valence-electron chi connectivity index (χ0n) is 22.4. The molecule has 0 saturated heterocycles. The molecule has 0 aromatic heterocycles. The lowest BCUT2D eigenvalue weighted by molar-refractivity contribution is -0.384. The molecule has 1 unspecified atom stereocenters. The summed E-state index contributed by atoms with van der Waals surface area (Å²) in [7, 11) is 0. The number of nitrogens with two attached hydrogens (primary N) is 1. The third kappa shape index (κ3) is 5.33. The molecular formula is C31H26BrClN4O4. The highest BCUT2D eigenvalue weighted by Crippen LogP contribution is 2.48. The fourth-order valence-corrected chi connectivity index (χ4v) is 6.00. The van der Waals surface area contributed by atoms with Crippen molar-refractivity contribution in [1.82, 2.24) is 0 Å². The number of nitro groups is 1. The number of ether oxygens (including phenoxy) is 1. The molecule has 1 heterocycles. The molecule has 0 spiro atoms. The van der Waals surface area contributed by atoms with Gasteiger partial charge in [-0.1, -0.05) is 39.7 Å². The van der Waals surface area contributed by atoms with Crippen molar-refractivity contribution in [1.29, 1.82) is 5.26 Å². The summed E-state index contributed by atoms with van der Waals surface area (Å²) in [5, 5.41) is 22.0. The predicted octanol–water partition coefficient (Wildman–Crippen LogP) is 7.51. The summed E-state index contributed by atoms with van der Waals surface area (Å²) < 4.78 is 7.00. The number of aryl methyl sites for hydroxylation is 2. The van der Waals surface area contributed by atoms with Crippen molar-refractivity contribution in [2.75, 3.05) is 4.90 Å². The van der Waals surface area contributed by atoms with E-state index in [4.69, 9.17) is 22.1 Å². The maximum atomic E-state index is 13.6. The molecule has 1 aliphatic heterocycles. The Morgan fingerprint density at radius 2 is 1.88 bits per heavy atom. The monoisotopic (exact) mass is 632 g/mol. The smallest absolute Gasteiger partial charge is 0.289 e. The third-order valence-electron chi connectivity index (χ3n) is 7.54. The van der Waals surface area contributed by atoms with Crippen molar-refractivity contribution in [3.8, 4) is 11.8 Å². The molecule has 208 valence electrons. The molecule has 5 rings (SSSR count). The number of hydrogen-bond acceptors (Lipinski definition) is 7. The number of anilines is 1. The Bertz CT molecular complexity index is 1690. The summed E-state index contributed by atoms with van der Waals surface area (Å²) in [5.41, 5.74) is 11.8. The van der Waals surface area contributed by atoms with Crippen molar-refractivity contribution in [3.05, 3.63) is 119 Å². The first-order valence-corrected chi connectivity index (χ1v) is 14.2. The van der Waals surface area contributed by atoms with Crippen LogP contribution in [0.5, 0.6) is 5.75 Å². The number of nitro benzene ring substituents is 1. The molecule has 3 aromatic carbocycles. The summed E-state index contributed by atoms with van der Waals surface area (Å²) in [6.07, 6.45) is 1.47. The lowest BCUT2D eigenvalue weighted by atomic mass is 9.74. The Morgan fingerprint density at radius 1 is 1.15 bits per heavy atom. The van der Waals surface area contributed by atoms with Crippen molar-refractivity contribution >= 4 is 44.7 Å². The number of ketones is 1. The zero-order chi connectivity index (χ0) is 29.4. The first-order valence-electron chi connectivity index (χ1n) is 13.0. The first-order chi connectivity index (χ1) is 19.6. The molecule has 10 heteroatoms. The predicted molar refractivity (Wildman–Crippen MR) is 160 cm³/mol. The van der Waals surface area contributed by atoms with Crippen molar-refractivity contribution < 1.29 is 14.5 Å². The fourth-order valence-electron chi connectivity index (χ4n) is 5.55. The Balaban J connectivity index is 1.64. The molecule has 1 aliphatic carbocycles. The number of hydrogen-bond donors (Lipinski definition) is 1. The molecule has 0 radical (unpaired) electrons. The van der Waals surface area contributed by atoms with Crippen LogP contribution in [0.4, 0.5) is 11.4 Å². The van der Waals surface area contributed by atoms with Gasteiger partial charge in [0, 0.05) is 28.2 Å². The number of nitrogens with zero attached hydrogens (tertiary/aromatic N) is 3. The van der Waals surface area contributed by atoms with Crippen LogP contribution in [0.1, 0.15) is 47.4 Å². The summed E-state index contributed by atoms with van der Waals surface area (Å²) in [6.45, 7) is 4.25. The average molecular weight is 634 g/mol. The highest BCUT2D eigenvalue weighted by Gasteiger charge is 2.41. The molecule has 1 atom stereocenters. The second kappa shape index (κ2) is 11.4. The van der Waals surface area contributed by atoms with Gasteiger partial charge in [-0.2, -0.15) is 5.26 Å². The molecule has 2 N–H and O–H groups in total. The van der Waals surface area contributed by atoms with Crippen LogP contribution in [0.15, 0.2) is 81.7 Å². The van der Waals surface area contributed by atoms with E-state index in [9.17, 15) is 20.2 Å². The maximum absolute atomic E-state index is 13.6. The second-order valence-corrected chi connectivity index (χ2v) is 11.4. The van der Waals surface area contributed by atoms with Gasteiger partial charge in [0.2, 0.25) is 0 Å². The number of carbonyl (C=O) groups is 1. The molecule has 0 amide bonds. The maximum Gasteiger partial charge on any atom is 0.289 e. The Morgan fingerprint density at radius 3 is 2.56 bits per heavy atom. The van der Waals surface area contributed by atoms with E-state index in [1.165, 1.54) is 12.1 Å². The number of Topliss-reactive ketones (excluding diaryl/α,β-unsaturated/α-hetero) is 1. The van der Waals surface area contributed by atoms with E-state index in [0.717, 1.165) is 32.5 Å². The molecular weight excluding hydrogens is 608 g/mol. The minimum absolute atomic E-state index is 0.0150. The summed E-state index contributed by atoms with van der Waals surface area (Å²) in [5.74, 6) is 0.107. The molecule has 0 bridgehead atoms. The minimum atomic E-state index is -0.673. The highest BCUT2D eigenvalue weighted by molar-refractivity contribution is 9.10. The van der Waals surface area contributed by atoms with Gasteiger partial charge in [0.15, 0.2) is 5.78 Å². The van der Waals surface area contributed by atoms with E-state index < -0.39 is 10.8 Å². The van der Waals surface area contributed by atoms with Gasteiger partial charge < -0.3 is 10.5 Å². The van der Waals surface area contributed by atoms with Crippen molar-refractivity contribution in [2.24, 2.45) is 5.73 Å². The number of carbonyl (C=O) groups excluding carboxylic acids is 1. The largest absolute Gasteiger partial charge is 0.489 e. The van der Waals surface area contributed by atoms with E-state index in [2.05, 4.69) is 22.0 Å². The van der Waals surface area contributed by atoms with Gasteiger partial charge in [-0.3, -0.25) is 19.8 Å². The molecule has 8 nitrogen and oxygen atoms in total. The Kier molecular flexibility index (Phi) is 7.89. The van der Waals surface area contributed by atoms with Crippen molar-refractivity contribution in [3.63, 3.8) is 0 Å². The topological polar surface area (TPSA) is 122 Å².